The van der Waals surface area contributed by atoms with E-state index in [1.807, 2.05) is 48.1 Å². The van der Waals surface area contributed by atoms with E-state index in [1.165, 1.54) is 0 Å². The molecule has 0 heterocycles. The molecule has 0 aliphatic rings. The van der Waals surface area contributed by atoms with Crippen molar-refractivity contribution >= 4 is 26.2 Å². The lowest BCUT2D eigenvalue weighted by atomic mass is 10.9. The van der Waals surface area contributed by atoms with Crippen LogP contribution in [0.3, 0.4) is 0 Å². The monoisotopic (exact) mass is 458 g/mol. The minimum absolute atomic E-state index is 0.272. The first-order chi connectivity index (χ1) is 13.3. The minimum atomic E-state index is -3.19. The Kier molecular flexibility index (Phi) is 14.5. The van der Waals surface area contributed by atoms with Gasteiger partial charge in [-0.1, -0.05) is 0 Å². The maximum absolute atomic E-state index is 6.23. The van der Waals surface area contributed by atoms with E-state index in [1.54, 1.807) is 14.2 Å². The Balaban J connectivity index is 6.40. The van der Waals surface area contributed by atoms with Gasteiger partial charge in [-0.2, -0.15) is 0 Å². The summed E-state index contributed by atoms with van der Waals surface area (Å²) in [5.74, 6) is 0. The molecule has 28 heavy (non-hydrogen) atoms. The van der Waals surface area contributed by atoms with Crippen molar-refractivity contribution < 1.29 is 35.4 Å². The molecule has 1 unspecified atom stereocenters. The van der Waals surface area contributed by atoms with Gasteiger partial charge in [-0.05, 0) is 48.1 Å². The highest BCUT2D eigenvalue weighted by molar-refractivity contribution is 6.87. The van der Waals surface area contributed by atoms with Crippen LogP contribution in [0.2, 0.25) is 17.8 Å². The number of hydrogen-bond donors (Lipinski definition) is 0. The molecule has 0 aliphatic heterocycles. The molecule has 0 rings (SSSR count). The van der Waals surface area contributed by atoms with Crippen LogP contribution in [0.1, 0.15) is 41.5 Å². The summed E-state index contributed by atoms with van der Waals surface area (Å²) >= 11 is 0. The van der Waals surface area contributed by atoms with Gasteiger partial charge in [-0.3, -0.25) is 0 Å². The van der Waals surface area contributed by atoms with Crippen molar-refractivity contribution in [3.05, 3.63) is 0 Å². The van der Waals surface area contributed by atoms with Crippen molar-refractivity contribution in [1.82, 2.24) is 0 Å². The standard InChI is InChI=1S/C17H42O8Si3/c1-10-20-27(21-11-2,22-12-3)16-17(26(9,18-7)19-8)28(23-13-4,24-14-5)25-15-6/h17H,10-16H2,1-9H3. The summed E-state index contributed by atoms with van der Waals surface area (Å²) in [4.78, 5) is 0. The van der Waals surface area contributed by atoms with Crippen LogP contribution >= 0.6 is 0 Å². The average Bonchev–Trinajstić information content (AvgIpc) is 2.67. The second kappa shape index (κ2) is 14.4. The van der Waals surface area contributed by atoms with Crippen molar-refractivity contribution in [2.45, 2.75) is 59.3 Å². The summed E-state index contributed by atoms with van der Waals surface area (Å²) in [6, 6.07) is 0.457. The van der Waals surface area contributed by atoms with Gasteiger partial charge in [0, 0.05) is 59.9 Å². The fraction of sp³-hybridized carbons (Fsp3) is 1.00. The molecule has 0 spiro atoms. The molecule has 0 fully saturated rings. The van der Waals surface area contributed by atoms with Crippen LogP contribution in [0, 0.1) is 0 Å². The Morgan fingerprint density at radius 3 is 1.14 bits per heavy atom. The van der Waals surface area contributed by atoms with E-state index >= 15 is 0 Å². The van der Waals surface area contributed by atoms with Gasteiger partial charge in [0.2, 0.25) is 0 Å². The van der Waals surface area contributed by atoms with Crippen molar-refractivity contribution in [3.63, 3.8) is 0 Å². The normalized spacial score (nSPS) is 14.5. The second-order valence-electron chi connectivity index (χ2n) is 6.07. The molecule has 8 nitrogen and oxygen atoms in total. The third-order valence-corrected chi connectivity index (χ3v) is 17.2. The first-order valence-electron chi connectivity index (χ1n) is 10.3. The molecule has 0 radical (unpaired) electrons. The highest BCUT2D eigenvalue weighted by Crippen LogP contribution is 2.42. The predicted octanol–water partition coefficient (Wildman–Crippen LogP) is 3.36. The zero-order valence-electron chi connectivity index (χ0n) is 19.3. The van der Waals surface area contributed by atoms with E-state index in [0.717, 1.165) is 0 Å². The molecular formula is C17H42O8Si3. The molecular weight excluding hydrogens is 416 g/mol. The van der Waals surface area contributed by atoms with Crippen LogP contribution in [0.5, 0.6) is 0 Å². The molecule has 0 aromatic heterocycles. The third-order valence-electron chi connectivity index (χ3n) is 4.45. The van der Waals surface area contributed by atoms with E-state index in [2.05, 4.69) is 0 Å². The van der Waals surface area contributed by atoms with Gasteiger partial charge < -0.3 is 35.4 Å². The van der Waals surface area contributed by atoms with Gasteiger partial charge in [0.1, 0.15) is 0 Å². The maximum atomic E-state index is 6.23. The molecule has 0 aromatic rings. The Hall–Kier alpha value is 0.331. The maximum Gasteiger partial charge on any atom is 0.506 e. The zero-order valence-corrected chi connectivity index (χ0v) is 22.3. The van der Waals surface area contributed by atoms with E-state index < -0.39 is 26.2 Å². The molecule has 0 saturated carbocycles. The molecule has 0 N–H and O–H groups in total. The van der Waals surface area contributed by atoms with Crippen molar-refractivity contribution in [2.75, 3.05) is 53.9 Å². The van der Waals surface area contributed by atoms with E-state index in [-0.39, 0.29) is 5.16 Å². The largest absolute Gasteiger partial charge is 0.506 e. The summed E-state index contributed by atoms with van der Waals surface area (Å²) in [5, 5.41) is -0.272. The van der Waals surface area contributed by atoms with E-state index in [0.29, 0.717) is 45.7 Å². The first-order valence-corrected chi connectivity index (χ1v) is 16.4. The predicted molar refractivity (Wildman–Crippen MR) is 115 cm³/mol. The topological polar surface area (TPSA) is 73.8 Å². The SMILES string of the molecule is CCO[Si](CC([Si](C)(OC)OC)[Si](OCC)(OCC)OCC)(OCC)OCC. The third kappa shape index (κ3) is 7.54. The van der Waals surface area contributed by atoms with Crippen molar-refractivity contribution in [3.8, 4) is 0 Å². The fourth-order valence-electron chi connectivity index (χ4n) is 3.24. The molecule has 0 aromatic carbocycles. The summed E-state index contributed by atoms with van der Waals surface area (Å²) < 4.78 is 48.9. The lowest BCUT2D eigenvalue weighted by Crippen LogP contribution is -2.64. The quantitative estimate of drug-likeness (QED) is 0.290. The molecule has 0 amide bonds. The molecule has 0 bridgehead atoms. The first kappa shape index (κ1) is 28.3. The van der Waals surface area contributed by atoms with Crippen LogP contribution in [-0.2, 0) is 35.4 Å². The summed E-state index contributed by atoms with van der Waals surface area (Å²) in [5.41, 5.74) is 0. The highest BCUT2D eigenvalue weighted by atomic mass is 28.4. The molecule has 0 aliphatic carbocycles. The Labute approximate surface area is 175 Å². The minimum Gasteiger partial charge on any atom is -0.398 e. The van der Waals surface area contributed by atoms with Crippen LogP contribution in [-0.4, -0.2) is 80.0 Å². The van der Waals surface area contributed by atoms with E-state index in [4.69, 9.17) is 35.4 Å². The number of rotatable bonds is 18. The van der Waals surface area contributed by atoms with Crippen LogP contribution in [0.25, 0.3) is 0 Å². The van der Waals surface area contributed by atoms with Gasteiger partial charge in [0.25, 0.3) is 0 Å². The Morgan fingerprint density at radius 2 is 0.893 bits per heavy atom. The Morgan fingerprint density at radius 1 is 0.571 bits per heavy atom. The molecule has 170 valence electrons. The zero-order chi connectivity index (χ0) is 21.7. The van der Waals surface area contributed by atoms with Gasteiger partial charge in [0.05, 0.1) is 5.16 Å². The molecule has 0 saturated heterocycles. The lowest BCUT2D eigenvalue weighted by molar-refractivity contribution is 0.0497. The van der Waals surface area contributed by atoms with Gasteiger partial charge in [-0.15, -0.1) is 0 Å². The van der Waals surface area contributed by atoms with Crippen LogP contribution < -0.4 is 0 Å². The molecule has 1 atom stereocenters. The Bertz CT molecular complexity index is 365. The molecule has 11 heteroatoms. The number of hydrogen-bond acceptors (Lipinski definition) is 8. The van der Waals surface area contributed by atoms with Crippen LogP contribution in [0.15, 0.2) is 0 Å². The average molecular weight is 459 g/mol. The van der Waals surface area contributed by atoms with Gasteiger partial charge in [0.15, 0.2) is 0 Å². The lowest BCUT2D eigenvalue weighted by Gasteiger charge is -2.43. The van der Waals surface area contributed by atoms with Crippen LogP contribution in [0.4, 0.5) is 0 Å². The fourth-order valence-corrected chi connectivity index (χ4v) is 16.5. The van der Waals surface area contributed by atoms with Crippen molar-refractivity contribution in [1.29, 1.82) is 0 Å². The summed E-state index contributed by atoms with van der Waals surface area (Å²) in [6.07, 6.45) is 0. The van der Waals surface area contributed by atoms with Gasteiger partial charge >= 0.3 is 26.2 Å². The second-order valence-corrected chi connectivity index (χ2v) is 15.6. The highest BCUT2D eigenvalue weighted by Gasteiger charge is 2.64. The smallest absolute Gasteiger partial charge is 0.398 e. The summed E-state index contributed by atoms with van der Waals surface area (Å²) in [6.45, 7) is 16.5. The van der Waals surface area contributed by atoms with Crippen molar-refractivity contribution in [2.24, 2.45) is 0 Å². The van der Waals surface area contributed by atoms with E-state index in [9.17, 15) is 0 Å². The van der Waals surface area contributed by atoms with Gasteiger partial charge in [-0.25, -0.2) is 0 Å². The summed E-state index contributed by atoms with van der Waals surface area (Å²) in [7, 11) is -5.68.